The summed E-state index contributed by atoms with van der Waals surface area (Å²) in [6.07, 6.45) is 8.12. The fraction of sp³-hybridized carbons (Fsp3) is 0.417. The molecule has 0 aliphatic heterocycles. The van der Waals surface area contributed by atoms with Crippen molar-refractivity contribution in [2.24, 2.45) is 0 Å². The van der Waals surface area contributed by atoms with Crippen molar-refractivity contribution < 1.29 is 22.4 Å². The highest BCUT2D eigenvalue weighted by atomic mass is 32.2. The first kappa shape index (κ1) is 24.4. The lowest BCUT2D eigenvalue weighted by molar-refractivity contribution is -0.119. The second kappa shape index (κ2) is 11.1. The molecule has 1 fully saturated rings. The first-order chi connectivity index (χ1) is 16.4. The normalized spacial score (nSPS) is 15.4. The molecule has 0 saturated heterocycles. The molecule has 1 aliphatic rings. The van der Waals surface area contributed by atoms with Crippen molar-refractivity contribution in [2.45, 2.75) is 61.1 Å². The van der Waals surface area contributed by atoms with Crippen molar-refractivity contribution in [3.05, 3.63) is 42.5 Å². The van der Waals surface area contributed by atoms with Crippen LogP contribution in [-0.4, -0.2) is 38.2 Å². The van der Waals surface area contributed by atoms with Gasteiger partial charge in [0.2, 0.25) is 5.91 Å². The van der Waals surface area contributed by atoms with Gasteiger partial charge >= 0.3 is 0 Å². The fourth-order valence-corrected chi connectivity index (χ4v) is 5.71. The number of ether oxygens (including phenoxy) is 1. The Kier molecular flexibility index (Phi) is 7.99. The van der Waals surface area contributed by atoms with Gasteiger partial charge in [-0.3, -0.25) is 9.52 Å². The van der Waals surface area contributed by atoms with Crippen LogP contribution in [-0.2, 0) is 14.8 Å². The molecule has 1 amide bonds. The van der Waals surface area contributed by atoms with Gasteiger partial charge in [0.15, 0.2) is 5.58 Å². The molecule has 0 atom stereocenters. The van der Waals surface area contributed by atoms with Crippen molar-refractivity contribution in [2.75, 3.05) is 17.6 Å². The molecule has 0 spiro atoms. The van der Waals surface area contributed by atoms with Gasteiger partial charge < -0.3 is 14.5 Å². The van der Waals surface area contributed by atoms with Crippen molar-refractivity contribution in [3.8, 4) is 5.75 Å². The van der Waals surface area contributed by atoms with E-state index in [4.69, 9.17) is 9.15 Å². The number of carbonyl (C=O) groups excluding carboxylic acids is 1. The lowest BCUT2D eigenvalue weighted by Gasteiger charge is -2.20. The number of benzene rings is 2. The first-order valence-electron chi connectivity index (χ1n) is 11.4. The maximum Gasteiger partial charge on any atom is 0.261 e. The number of fused-ring (bicyclic) bond motifs is 1. The minimum absolute atomic E-state index is 0.0372. The van der Waals surface area contributed by atoms with E-state index in [-0.39, 0.29) is 22.6 Å². The smallest absolute Gasteiger partial charge is 0.261 e. The summed E-state index contributed by atoms with van der Waals surface area (Å²) in [5, 5.41) is 3.46. The zero-order valence-electron chi connectivity index (χ0n) is 19.1. The van der Waals surface area contributed by atoms with Crippen LogP contribution in [0.3, 0.4) is 0 Å². The Morgan fingerprint density at radius 1 is 1.09 bits per heavy atom. The zero-order valence-corrected chi connectivity index (χ0v) is 20.7. The number of amides is 1. The summed E-state index contributed by atoms with van der Waals surface area (Å²) in [5.74, 6) is 0.799. The molecule has 10 heteroatoms. The molecule has 1 saturated carbocycles. The van der Waals surface area contributed by atoms with Crippen molar-refractivity contribution in [1.82, 2.24) is 10.3 Å². The van der Waals surface area contributed by atoms with E-state index in [1.165, 1.54) is 43.2 Å². The highest BCUT2D eigenvalue weighted by molar-refractivity contribution is 7.99. The van der Waals surface area contributed by atoms with E-state index in [9.17, 15) is 13.2 Å². The fourth-order valence-electron chi connectivity index (χ4n) is 3.99. The lowest BCUT2D eigenvalue weighted by atomic mass is 9.97. The summed E-state index contributed by atoms with van der Waals surface area (Å²) in [7, 11) is -2.26. The Morgan fingerprint density at radius 2 is 1.79 bits per heavy atom. The van der Waals surface area contributed by atoms with Crippen LogP contribution in [0.5, 0.6) is 5.75 Å². The summed E-state index contributed by atoms with van der Waals surface area (Å²) in [5.41, 5.74) is 1.31. The highest BCUT2D eigenvalue weighted by Gasteiger charge is 2.18. The average molecular weight is 504 g/mol. The topological polar surface area (TPSA) is 111 Å². The van der Waals surface area contributed by atoms with E-state index < -0.39 is 10.0 Å². The summed E-state index contributed by atoms with van der Waals surface area (Å²) in [4.78, 5) is 16.8. The third-order valence-electron chi connectivity index (χ3n) is 5.79. The molecule has 0 radical (unpaired) electrons. The molecule has 8 nitrogen and oxygen atoms in total. The van der Waals surface area contributed by atoms with Gasteiger partial charge in [0.05, 0.1) is 17.8 Å². The number of rotatable bonds is 8. The van der Waals surface area contributed by atoms with Gasteiger partial charge in [0.1, 0.15) is 11.3 Å². The SMILES string of the molecule is COc1ccc(NS(=O)(=O)c2ccc3oc(SCC(=O)NC4CCCCCCC4)nc3c2)cc1. The molecule has 0 bridgehead atoms. The maximum atomic E-state index is 12.8. The number of carbonyl (C=O) groups is 1. The third kappa shape index (κ3) is 6.44. The Bertz CT molecular complexity index is 1220. The van der Waals surface area contributed by atoms with E-state index >= 15 is 0 Å². The molecule has 34 heavy (non-hydrogen) atoms. The predicted octanol–water partition coefficient (Wildman–Crippen LogP) is 4.96. The summed E-state index contributed by atoms with van der Waals surface area (Å²) >= 11 is 1.20. The van der Waals surface area contributed by atoms with Crippen LogP contribution in [0.2, 0.25) is 0 Å². The molecular weight excluding hydrogens is 474 g/mol. The summed E-state index contributed by atoms with van der Waals surface area (Å²) in [6.45, 7) is 0. The third-order valence-corrected chi connectivity index (χ3v) is 8.00. The molecular formula is C24H29N3O5S2. The monoisotopic (exact) mass is 503 g/mol. The van der Waals surface area contributed by atoms with Gasteiger partial charge in [-0.25, -0.2) is 13.4 Å². The van der Waals surface area contributed by atoms with Gasteiger partial charge in [-0.2, -0.15) is 0 Å². The first-order valence-corrected chi connectivity index (χ1v) is 13.9. The Balaban J connectivity index is 1.37. The van der Waals surface area contributed by atoms with Crippen LogP contribution in [0, 0.1) is 0 Å². The molecule has 3 aromatic rings. The molecule has 1 heterocycles. The van der Waals surface area contributed by atoms with E-state index in [0.717, 1.165) is 25.7 Å². The molecule has 2 aromatic carbocycles. The van der Waals surface area contributed by atoms with Gasteiger partial charge in [-0.1, -0.05) is 43.9 Å². The number of thioether (sulfide) groups is 1. The number of nitrogens with one attached hydrogen (secondary N) is 2. The molecule has 1 aromatic heterocycles. The largest absolute Gasteiger partial charge is 0.497 e. The van der Waals surface area contributed by atoms with Gasteiger partial charge in [-0.05, 0) is 55.3 Å². The molecule has 1 aliphatic carbocycles. The second-order valence-corrected chi connectivity index (χ2v) is 11.0. The second-order valence-electron chi connectivity index (χ2n) is 8.34. The van der Waals surface area contributed by atoms with Crippen LogP contribution in [0.4, 0.5) is 5.69 Å². The van der Waals surface area contributed by atoms with Gasteiger partial charge in [0, 0.05) is 11.7 Å². The average Bonchev–Trinajstić information content (AvgIpc) is 3.22. The summed E-state index contributed by atoms with van der Waals surface area (Å²) in [6, 6.07) is 11.3. The Morgan fingerprint density at radius 3 is 2.50 bits per heavy atom. The summed E-state index contributed by atoms with van der Waals surface area (Å²) < 4.78 is 38.9. The predicted molar refractivity (Wildman–Crippen MR) is 133 cm³/mol. The van der Waals surface area contributed by atoms with E-state index in [0.29, 0.717) is 27.8 Å². The highest BCUT2D eigenvalue weighted by Crippen LogP contribution is 2.27. The number of nitrogens with zero attached hydrogens (tertiary/aromatic N) is 1. The molecule has 2 N–H and O–H groups in total. The van der Waals surface area contributed by atoms with Gasteiger partial charge in [0.25, 0.3) is 15.2 Å². The number of methoxy groups -OCH3 is 1. The minimum atomic E-state index is -3.81. The number of hydrogen-bond acceptors (Lipinski definition) is 7. The minimum Gasteiger partial charge on any atom is -0.497 e. The van der Waals surface area contributed by atoms with Gasteiger partial charge in [-0.15, -0.1) is 0 Å². The van der Waals surface area contributed by atoms with Crippen LogP contribution >= 0.6 is 11.8 Å². The van der Waals surface area contributed by atoms with Crippen molar-refractivity contribution >= 4 is 44.5 Å². The van der Waals surface area contributed by atoms with Crippen LogP contribution in [0.1, 0.15) is 44.9 Å². The standard InChI is InChI=1S/C24H29N3O5S2/c1-31-19-11-9-18(10-12-19)27-34(29,30)20-13-14-22-21(15-20)26-24(32-22)33-16-23(28)25-17-7-5-3-2-4-6-8-17/h9-15,17,27H,2-8,16H2,1H3,(H,25,28). The lowest BCUT2D eigenvalue weighted by Crippen LogP contribution is -2.36. The Hall–Kier alpha value is -2.72. The number of sulfonamides is 1. The van der Waals surface area contributed by atoms with E-state index in [1.54, 1.807) is 37.4 Å². The zero-order chi connectivity index (χ0) is 24.0. The quantitative estimate of drug-likeness (QED) is 0.418. The van der Waals surface area contributed by atoms with E-state index in [2.05, 4.69) is 15.0 Å². The Labute approximate surface area is 203 Å². The molecule has 182 valence electrons. The molecule has 4 rings (SSSR count). The molecule has 0 unspecified atom stereocenters. The van der Waals surface area contributed by atoms with Crippen LogP contribution < -0.4 is 14.8 Å². The van der Waals surface area contributed by atoms with Crippen molar-refractivity contribution in [1.29, 1.82) is 0 Å². The number of hydrogen-bond donors (Lipinski definition) is 2. The number of anilines is 1. The van der Waals surface area contributed by atoms with Crippen LogP contribution in [0.25, 0.3) is 11.1 Å². The number of aromatic nitrogens is 1. The van der Waals surface area contributed by atoms with Crippen molar-refractivity contribution in [3.63, 3.8) is 0 Å². The maximum absolute atomic E-state index is 12.8. The van der Waals surface area contributed by atoms with Crippen LogP contribution in [0.15, 0.2) is 57.0 Å². The van der Waals surface area contributed by atoms with E-state index in [1.807, 2.05) is 0 Å². The number of oxazole rings is 1.